The second-order valence-corrected chi connectivity index (χ2v) is 6.45. The number of rotatable bonds is 5. The first-order valence-electron chi connectivity index (χ1n) is 8.65. The minimum absolute atomic E-state index is 0.00832. The molecule has 0 aliphatic carbocycles. The molecule has 0 spiro atoms. The van der Waals surface area contributed by atoms with E-state index in [2.05, 4.69) is 16.3 Å². The third-order valence-corrected chi connectivity index (χ3v) is 4.53. The Morgan fingerprint density at radius 2 is 1.60 bits per heavy atom. The lowest BCUT2D eigenvalue weighted by molar-refractivity contribution is 0.0949. The number of nitrogens with one attached hydrogen (secondary N) is 1. The number of carbonyl (C=O) groups excluding carboxylic acids is 1. The molecular weight excluding hydrogens is 322 g/mol. The second kappa shape index (κ2) is 8.21. The lowest BCUT2D eigenvalue weighted by atomic mass is 10.0. The van der Waals surface area contributed by atoms with E-state index in [0.29, 0.717) is 6.54 Å². The van der Waals surface area contributed by atoms with Gasteiger partial charge in [0.2, 0.25) is 0 Å². The lowest BCUT2D eigenvalue weighted by Gasteiger charge is -2.27. The van der Waals surface area contributed by atoms with Gasteiger partial charge in [-0.25, -0.2) is 8.78 Å². The van der Waals surface area contributed by atoms with Crippen LogP contribution in [0.1, 0.15) is 40.7 Å². The molecule has 132 valence electrons. The van der Waals surface area contributed by atoms with E-state index in [9.17, 15) is 13.6 Å². The molecule has 1 heterocycles. The van der Waals surface area contributed by atoms with E-state index in [1.54, 1.807) is 0 Å². The lowest BCUT2D eigenvalue weighted by Crippen LogP contribution is -2.30. The van der Waals surface area contributed by atoms with Gasteiger partial charge in [0.05, 0.1) is 0 Å². The summed E-state index contributed by atoms with van der Waals surface area (Å²) < 4.78 is 26.5. The van der Waals surface area contributed by atoms with Gasteiger partial charge in [-0.1, -0.05) is 30.7 Å². The van der Waals surface area contributed by atoms with Crippen LogP contribution in [-0.4, -0.2) is 23.9 Å². The third kappa shape index (κ3) is 4.86. The predicted octanol–water partition coefficient (Wildman–Crippen LogP) is 3.88. The zero-order chi connectivity index (χ0) is 17.6. The molecule has 0 saturated carbocycles. The summed E-state index contributed by atoms with van der Waals surface area (Å²) in [6, 6.07) is 10.8. The zero-order valence-electron chi connectivity index (χ0n) is 14.1. The van der Waals surface area contributed by atoms with Crippen LogP contribution in [0.4, 0.5) is 8.78 Å². The summed E-state index contributed by atoms with van der Waals surface area (Å²) in [6.07, 6.45) is 3.74. The van der Waals surface area contributed by atoms with Crippen molar-refractivity contribution < 1.29 is 13.6 Å². The van der Waals surface area contributed by atoms with Gasteiger partial charge in [0.25, 0.3) is 5.91 Å². The van der Waals surface area contributed by atoms with Crippen LogP contribution in [-0.2, 0) is 13.1 Å². The van der Waals surface area contributed by atoms with Crippen LogP contribution in [0, 0.1) is 11.6 Å². The van der Waals surface area contributed by atoms with E-state index < -0.39 is 17.5 Å². The number of benzene rings is 2. The maximum atomic E-state index is 13.3. The quantitative estimate of drug-likeness (QED) is 0.893. The number of nitrogens with zero attached hydrogens (tertiary/aromatic N) is 1. The summed E-state index contributed by atoms with van der Waals surface area (Å²) in [5.74, 6) is -1.99. The summed E-state index contributed by atoms with van der Waals surface area (Å²) in [5.41, 5.74) is 2.19. The van der Waals surface area contributed by atoms with Crippen molar-refractivity contribution in [2.75, 3.05) is 13.1 Å². The Kier molecular flexibility index (Phi) is 5.76. The topological polar surface area (TPSA) is 32.3 Å². The summed E-state index contributed by atoms with van der Waals surface area (Å²) in [4.78, 5) is 14.6. The van der Waals surface area contributed by atoms with Crippen molar-refractivity contribution in [2.24, 2.45) is 0 Å². The first kappa shape index (κ1) is 17.5. The number of likely N-dealkylation sites (tertiary alicyclic amines) is 1. The first-order valence-corrected chi connectivity index (χ1v) is 8.65. The molecule has 1 aliphatic rings. The highest BCUT2D eigenvalue weighted by molar-refractivity contribution is 5.94. The number of amides is 1. The van der Waals surface area contributed by atoms with Gasteiger partial charge in [0.1, 0.15) is 11.6 Å². The summed E-state index contributed by atoms with van der Waals surface area (Å²) in [7, 11) is 0. The molecule has 3 rings (SSSR count). The average Bonchev–Trinajstić information content (AvgIpc) is 2.61. The Morgan fingerprint density at radius 1 is 0.960 bits per heavy atom. The fraction of sp³-hybridized carbons (Fsp3) is 0.350. The van der Waals surface area contributed by atoms with Crippen LogP contribution in [0.5, 0.6) is 0 Å². The van der Waals surface area contributed by atoms with E-state index in [1.807, 2.05) is 18.2 Å². The van der Waals surface area contributed by atoms with Crippen molar-refractivity contribution in [2.45, 2.75) is 32.4 Å². The van der Waals surface area contributed by atoms with E-state index in [-0.39, 0.29) is 5.56 Å². The number of carbonyl (C=O) groups is 1. The highest BCUT2D eigenvalue weighted by Crippen LogP contribution is 2.16. The molecule has 1 amide bonds. The summed E-state index contributed by atoms with van der Waals surface area (Å²) >= 11 is 0. The van der Waals surface area contributed by atoms with Crippen LogP contribution in [0.25, 0.3) is 0 Å². The van der Waals surface area contributed by atoms with E-state index in [1.165, 1.54) is 24.8 Å². The van der Waals surface area contributed by atoms with Gasteiger partial charge in [-0.05, 0) is 49.2 Å². The predicted molar refractivity (Wildman–Crippen MR) is 93.1 cm³/mol. The molecule has 0 radical (unpaired) electrons. The number of piperidine rings is 1. The minimum Gasteiger partial charge on any atom is -0.348 e. The molecular formula is C20H22F2N2O. The summed E-state index contributed by atoms with van der Waals surface area (Å²) in [5, 5.41) is 2.76. The van der Waals surface area contributed by atoms with Gasteiger partial charge in [0.15, 0.2) is 0 Å². The number of hydrogen-bond acceptors (Lipinski definition) is 2. The maximum absolute atomic E-state index is 13.3. The second-order valence-electron chi connectivity index (χ2n) is 6.45. The van der Waals surface area contributed by atoms with Gasteiger partial charge in [-0.2, -0.15) is 0 Å². The Bertz CT molecular complexity index is 722. The van der Waals surface area contributed by atoms with Crippen molar-refractivity contribution in [1.29, 1.82) is 0 Å². The minimum atomic E-state index is -0.754. The zero-order valence-corrected chi connectivity index (χ0v) is 14.1. The van der Waals surface area contributed by atoms with Gasteiger partial charge >= 0.3 is 0 Å². The normalized spacial score (nSPS) is 15.1. The highest BCUT2D eigenvalue weighted by Gasteiger charge is 2.13. The van der Waals surface area contributed by atoms with Crippen molar-refractivity contribution in [3.8, 4) is 0 Å². The Labute approximate surface area is 146 Å². The molecule has 1 fully saturated rings. The van der Waals surface area contributed by atoms with E-state index >= 15 is 0 Å². The van der Waals surface area contributed by atoms with Crippen LogP contribution in [0.2, 0.25) is 0 Å². The Hall–Kier alpha value is -2.27. The third-order valence-electron chi connectivity index (χ3n) is 4.53. The van der Waals surface area contributed by atoms with Crippen LogP contribution < -0.4 is 5.32 Å². The molecule has 1 N–H and O–H groups in total. The monoisotopic (exact) mass is 344 g/mol. The average molecular weight is 344 g/mol. The van der Waals surface area contributed by atoms with Crippen LogP contribution in [0.3, 0.4) is 0 Å². The SMILES string of the molecule is O=C(NCc1ccccc1CN1CCCCC1)c1cc(F)cc(F)c1. The molecule has 5 heteroatoms. The molecule has 2 aromatic carbocycles. The molecule has 1 saturated heterocycles. The van der Waals surface area contributed by atoms with Crippen molar-refractivity contribution in [3.63, 3.8) is 0 Å². The molecule has 3 nitrogen and oxygen atoms in total. The molecule has 25 heavy (non-hydrogen) atoms. The standard InChI is InChI=1S/C20H22F2N2O/c21-18-10-17(11-19(22)12-18)20(25)23-13-15-6-2-3-7-16(15)14-24-8-4-1-5-9-24/h2-3,6-7,10-12H,1,4-5,8-9,13-14H2,(H,23,25). The largest absolute Gasteiger partial charge is 0.348 e. The number of halogens is 2. The Morgan fingerprint density at radius 3 is 2.28 bits per heavy atom. The smallest absolute Gasteiger partial charge is 0.251 e. The number of hydrogen-bond donors (Lipinski definition) is 1. The molecule has 0 aromatic heterocycles. The summed E-state index contributed by atoms with van der Waals surface area (Å²) in [6.45, 7) is 3.40. The van der Waals surface area contributed by atoms with Gasteiger partial charge in [-0.15, -0.1) is 0 Å². The van der Waals surface area contributed by atoms with Crippen LogP contribution in [0.15, 0.2) is 42.5 Å². The van der Waals surface area contributed by atoms with E-state index in [4.69, 9.17) is 0 Å². The first-order chi connectivity index (χ1) is 12.1. The molecule has 0 bridgehead atoms. The molecule has 0 atom stereocenters. The molecule has 1 aliphatic heterocycles. The maximum Gasteiger partial charge on any atom is 0.251 e. The molecule has 0 unspecified atom stereocenters. The fourth-order valence-electron chi connectivity index (χ4n) is 3.21. The highest BCUT2D eigenvalue weighted by atomic mass is 19.1. The molecule has 2 aromatic rings. The van der Waals surface area contributed by atoms with Gasteiger partial charge in [0, 0.05) is 24.7 Å². The fourth-order valence-corrected chi connectivity index (χ4v) is 3.21. The van der Waals surface area contributed by atoms with Crippen molar-refractivity contribution >= 4 is 5.91 Å². The van der Waals surface area contributed by atoms with E-state index in [0.717, 1.165) is 43.4 Å². The van der Waals surface area contributed by atoms with Gasteiger partial charge < -0.3 is 5.32 Å². The van der Waals surface area contributed by atoms with Crippen LogP contribution >= 0.6 is 0 Å². The Balaban J connectivity index is 1.65. The van der Waals surface area contributed by atoms with Crippen molar-refractivity contribution in [3.05, 3.63) is 70.8 Å². The van der Waals surface area contributed by atoms with Crippen molar-refractivity contribution in [1.82, 2.24) is 10.2 Å². The van der Waals surface area contributed by atoms with Gasteiger partial charge in [-0.3, -0.25) is 9.69 Å².